The molecule has 0 N–H and O–H groups in total. The molecule has 0 aliphatic heterocycles. The van der Waals surface area contributed by atoms with Gasteiger partial charge in [0.1, 0.15) is 0 Å². The van der Waals surface area contributed by atoms with Crippen LogP contribution in [0.2, 0.25) is 0 Å². The SMILES string of the molecule is CN(C)CC1(C2CCCCC2)C=C1. The van der Waals surface area contributed by atoms with Gasteiger partial charge in [0.25, 0.3) is 0 Å². The molecule has 1 heteroatoms. The molecule has 74 valence electrons. The van der Waals surface area contributed by atoms with E-state index >= 15 is 0 Å². The Morgan fingerprint density at radius 3 is 2.23 bits per heavy atom. The molecule has 0 saturated heterocycles. The molecule has 0 aromatic heterocycles. The van der Waals surface area contributed by atoms with E-state index in [-0.39, 0.29) is 0 Å². The van der Waals surface area contributed by atoms with Crippen LogP contribution in [0.5, 0.6) is 0 Å². The fraction of sp³-hybridized carbons (Fsp3) is 0.833. The van der Waals surface area contributed by atoms with Gasteiger partial charge in [0, 0.05) is 12.0 Å². The van der Waals surface area contributed by atoms with Gasteiger partial charge >= 0.3 is 0 Å². The van der Waals surface area contributed by atoms with Gasteiger partial charge in [-0.05, 0) is 32.9 Å². The number of hydrogen-bond acceptors (Lipinski definition) is 1. The van der Waals surface area contributed by atoms with Crippen molar-refractivity contribution < 1.29 is 0 Å². The van der Waals surface area contributed by atoms with Crippen molar-refractivity contribution in [2.45, 2.75) is 32.1 Å². The van der Waals surface area contributed by atoms with Crippen LogP contribution in [0.25, 0.3) is 0 Å². The molecule has 0 heterocycles. The highest BCUT2D eigenvalue weighted by atomic mass is 15.1. The van der Waals surface area contributed by atoms with Gasteiger partial charge in [-0.25, -0.2) is 0 Å². The van der Waals surface area contributed by atoms with E-state index in [0.717, 1.165) is 5.92 Å². The van der Waals surface area contributed by atoms with Crippen LogP contribution < -0.4 is 0 Å². The van der Waals surface area contributed by atoms with Crippen molar-refractivity contribution in [2.75, 3.05) is 20.6 Å². The van der Waals surface area contributed by atoms with Gasteiger partial charge < -0.3 is 4.90 Å². The summed E-state index contributed by atoms with van der Waals surface area (Å²) < 4.78 is 0. The second kappa shape index (κ2) is 3.45. The maximum absolute atomic E-state index is 2.43. The highest BCUT2D eigenvalue weighted by Gasteiger charge is 2.42. The molecule has 0 spiro atoms. The quantitative estimate of drug-likeness (QED) is 0.602. The molecule has 13 heavy (non-hydrogen) atoms. The molecular formula is C12H21N. The van der Waals surface area contributed by atoms with E-state index < -0.39 is 0 Å². The van der Waals surface area contributed by atoms with Gasteiger partial charge in [0.15, 0.2) is 0 Å². The lowest BCUT2D eigenvalue weighted by atomic mass is 9.76. The lowest BCUT2D eigenvalue weighted by Crippen LogP contribution is -2.31. The Bertz CT molecular complexity index is 193. The first-order valence-electron chi connectivity index (χ1n) is 5.58. The van der Waals surface area contributed by atoms with E-state index in [2.05, 4.69) is 31.1 Å². The van der Waals surface area contributed by atoms with Crippen molar-refractivity contribution in [3.63, 3.8) is 0 Å². The van der Waals surface area contributed by atoms with E-state index in [4.69, 9.17) is 0 Å². The fourth-order valence-corrected chi connectivity index (χ4v) is 2.80. The van der Waals surface area contributed by atoms with Gasteiger partial charge in [-0.15, -0.1) is 0 Å². The topological polar surface area (TPSA) is 3.24 Å². The molecule has 0 atom stereocenters. The van der Waals surface area contributed by atoms with Gasteiger partial charge in [0.05, 0.1) is 0 Å². The third-order valence-electron chi connectivity index (χ3n) is 3.55. The molecule has 0 aromatic rings. The summed E-state index contributed by atoms with van der Waals surface area (Å²) in [7, 11) is 4.37. The Balaban J connectivity index is 1.90. The molecule has 0 amide bonds. The minimum atomic E-state index is 0.518. The predicted molar refractivity (Wildman–Crippen MR) is 56.7 cm³/mol. The summed E-state index contributed by atoms with van der Waals surface area (Å²) in [5.74, 6) is 0.962. The van der Waals surface area contributed by atoms with Crippen molar-refractivity contribution in [3.05, 3.63) is 12.2 Å². The molecule has 0 radical (unpaired) electrons. The molecule has 2 rings (SSSR count). The van der Waals surface area contributed by atoms with Crippen LogP contribution in [0.1, 0.15) is 32.1 Å². The van der Waals surface area contributed by atoms with Crippen molar-refractivity contribution in [1.82, 2.24) is 4.90 Å². The first kappa shape index (κ1) is 9.26. The fourth-order valence-electron chi connectivity index (χ4n) is 2.80. The maximum Gasteiger partial charge on any atom is 0.0217 e. The van der Waals surface area contributed by atoms with Crippen molar-refractivity contribution >= 4 is 0 Å². The second-order valence-electron chi connectivity index (χ2n) is 5.02. The lowest BCUT2D eigenvalue weighted by Gasteiger charge is -2.32. The van der Waals surface area contributed by atoms with E-state index in [1.54, 1.807) is 0 Å². The van der Waals surface area contributed by atoms with E-state index in [9.17, 15) is 0 Å². The number of nitrogens with zero attached hydrogens (tertiary/aromatic N) is 1. The summed E-state index contributed by atoms with van der Waals surface area (Å²) in [6.07, 6.45) is 12.2. The van der Waals surface area contributed by atoms with Crippen molar-refractivity contribution in [2.24, 2.45) is 11.3 Å². The summed E-state index contributed by atoms with van der Waals surface area (Å²) in [6.45, 7) is 1.23. The second-order valence-corrected chi connectivity index (χ2v) is 5.02. The maximum atomic E-state index is 2.43. The molecule has 2 aliphatic rings. The summed E-state index contributed by atoms with van der Waals surface area (Å²) in [6, 6.07) is 0. The van der Waals surface area contributed by atoms with Gasteiger partial charge in [-0.3, -0.25) is 0 Å². The van der Waals surface area contributed by atoms with Crippen LogP contribution in [0.3, 0.4) is 0 Å². The summed E-state index contributed by atoms with van der Waals surface area (Å²) in [4.78, 5) is 2.33. The van der Waals surface area contributed by atoms with Crippen LogP contribution >= 0.6 is 0 Å². The van der Waals surface area contributed by atoms with Crippen LogP contribution in [-0.4, -0.2) is 25.5 Å². The third-order valence-corrected chi connectivity index (χ3v) is 3.55. The first-order valence-corrected chi connectivity index (χ1v) is 5.58. The Kier molecular flexibility index (Phi) is 2.46. The monoisotopic (exact) mass is 179 g/mol. The molecule has 1 nitrogen and oxygen atoms in total. The standard InChI is InChI=1S/C12H21N/c1-13(2)10-12(8-9-12)11-6-4-3-5-7-11/h8-9,11H,3-7,10H2,1-2H3. The van der Waals surface area contributed by atoms with Crippen molar-refractivity contribution in [3.8, 4) is 0 Å². The minimum Gasteiger partial charge on any atom is -0.308 e. The largest absolute Gasteiger partial charge is 0.308 e. The Morgan fingerprint density at radius 2 is 1.77 bits per heavy atom. The Hall–Kier alpha value is -0.300. The molecule has 0 aromatic carbocycles. The van der Waals surface area contributed by atoms with Crippen LogP contribution in [0.15, 0.2) is 12.2 Å². The molecule has 1 saturated carbocycles. The molecule has 0 unspecified atom stereocenters. The molecular weight excluding hydrogens is 158 g/mol. The zero-order chi connectivity index (χ0) is 9.31. The Labute approximate surface area is 81.8 Å². The van der Waals surface area contributed by atoms with Crippen molar-refractivity contribution in [1.29, 1.82) is 0 Å². The minimum absolute atomic E-state index is 0.518. The van der Waals surface area contributed by atoms with Gasteiger partial charge in [-0.2, -0.15) is 0 Å². The highest BCUT2D eigenvalue weighted by molar-refractivity contribution is 5.29. The Morgan fingerprint density at radius 1 is 1.15 bits per heavy atom. The van der Waals surface area contributed by atoms with E-state index in [1.165, 1.54) is 38.6 Å². The molecule has 1 fully saturated rings. The van der Waals surface area contributed by atoms with E-state index in [0.29, 0.717) is 5.41 Å². The van der Waals surface area contributed by atoms with Crippen LogP contribution in [0, 0.1) is 11.3 Å². The lowest BCUT2D eigenvalue weighted by molar-refractivity contribution is 0.201. The van der Waals surface area contributed by atoms with Crippen LogP contribution in [-0.2, 0) is 0 Å². The first-order chi connectivity index (χ1) is 6.23. The van der Waals surface area contributed by atoms with E-state index in [1.807, 2.05) is 0 Å². The smallest absolute Gasteiger partial charge is 0.0217 e. The average Bonchev–Trinajstić information content (AvgIpc) is 2.86. The summed E-state index contributed by atoms with van der Waals surface area (Å²) in [5, 5.41) is 0. The zero-order valence-corrected chi connectivity index (χ0v) is 8.92. The van der Waals surface area contributed by atoms with Gasteiger partial charge in [-0.1, -0.05) is 31.4 Å². The predicted octanol–water partition coefficient (Wildman–Crippen LogP) is 2.68. The number of hydrogen-bond donors (Lipinski definition) is 0. The van der Waals surface area contributed by atoms with Gasteiger partial charge in [0.2, 0.25) is 0 Å². The number of rotatable bonds is 3. The normalized spacial score (nSPS) is 26.7. The third kappa shape index (κ3) is 1.96. The molecule has 2 aliphatic carbocycles. The highest BCUT2D eigenvalue weighted by Crippen LogP contribution is 2.48. The summed E-state index contributed by atoms with van der Waals surface area (Å²) >= 11 is 0. The zero-order valence-electron chi connectivity index (χ0n) is 8.92. The summed E-state index contributed by atoms with van der Waals surface area (Å²) in [5.41, 5.74) is 0.518. The van der Waals surface area contributed by atoms with Crippen LogP contribution in [0.4, 0.5) is 0 Å². The molecule has 0 bridgehead atoms. The average molecular weight is 179 g/mol.